The molecule has 2 aromatic carbocycles. The molecule has 0 saturated carbocycles. The molecule has 7 nitrogen and oxygen atoms in total. The maximum Gasteiger partial charge on any atom is 0.323 e. The number of ketones is 1. The van der Waals surface area contributed by atoms with Gasteiger partial charge in [-0.1, -0.05) is 12.1 Å². The molecular weight excluding hydrogens is 422 g/mol. The van der Waals surface area contributed by atoms with Crippen molar-refractivity contribution >= 4 is 11.8 Å². The summed E-state index contributed by atoms with van der Waals surface area (Å²) in [7, 11) is 1.64. The van der Waals surface area contributed by atoms with E-state index >= 15 is 0 Å². The Hall–Kier alpha value is -2.74. The van der Waals surface area contributed by atoms with Gasteiger partial charge in [-0.25, -0.2) is 0 Å². The number of ether oxygens (including phenoxy) is 3. The molecule has 0 aromatic heterocycles. The van der Waals surface area contributed by atoms with Gasteiger partial charge in [0.25, 0.3) is 0 Å². The number of Topliss-reactive ketones (excluding diaryl/α,β-unsaturated/α-hetero) is 1. The number of methoxy groups -OCH3 is 1. The van der Waals surface area contributed by atoms with Crippen LogP contribution < -0.4 is 10.1 Å². The second-order valence-electron chi connectivity index (χ2n) is 9.16. The summed E-state index contributed by atoms with van der Waals surface area (Å²) in [6.07, 6.45) is 2.91. The van der Waals surface area contributed by atoms with E-state index in [0.717, 1.165) is 52.8 Å². The molecule has 1 saturated heterocycles. The third-order valence-corrected chi connectivity index (χ3v) is 6.88. The van der Waals surface area contributed by atoms with Crippen molar-refractivity contribution < 1.29 is 28.9 Å². The van der Waals surface area contributed by atoms with E-state index in [2.05, 4.69) is 11.4 Å². The predicted octanol–water partition coefficient (Wildman–Crippen LogP) is 2.97. The number of carbonyl (C=O) groups is 2. The third-order valence-electron chi connectivity index (χ3n) is 6.88. The number of fused-ring (bicyclic) bond motifs is 4. The average Bonchev–Trinajstić information content (AvgIpc) is 3.30. The Labute approximate surface area is 193 Å². The second kappa shape index (κ2) is 9.25. The van der Waals surface area contributed by atoms with Gasteiger partial charge in [-0.2, -0.15) is 0 Å². The van der Waals surface area contributed by atoms with Crippen molar-refractivity contribution in [2.75, 3.05) is 26.9 Å². The highest BCUT2D eigenvalue weighted by atomic mass is 16.5. The zero-order valence-corrected chi connectivity index (χ0v) is 18.8. The van der Waals surface area contributed by atoms with Crippen LogP contribution in [0.15, 0.2) is 30.3 Å². The van der Waals surface area contributed by atoms with Gasteiger partial charge in [-0.3, -0.25) is 9.59 Å². The fraction of sp³-hybridized carbons (Fsp3) is 0.462. The van der Waals surface area contributed by atoms with Gasteiger partial charge < -0.3 is 24.6 Å². The Kier molecular flexibility index (Phi) is 6.19. The van der Waals surface area contributed by atoms with Gasteiger partial charge in [0.1, 0.15) is 18.4 Å². The van der Waals surface area contributed by atoms with Gasteiger partial charge in [0.2, 0.25) is 0 Å². The second-order valence-corrected chi connectivity index (χ2v) is 9.16. The summed E-state index contributed by atoms with van der Waals surface area (Å²) in [5, 5.41) is 13.4. The molecule has 3 unspecified atom stereocenters. The zero-order chi connectivity index (χ0) is 22.9. The molecule has 2 N–H and O–H groups in total. The summed E-state index contributed by atoms with van der Waals surface area (Å²) in [6, 6.07) is 9.22. The number of nitrogens with one attached hydrogen (secondary N) is 1. The molecule has 2 aromatic rings. The van der Waals surface area contributed by atoms with Crippen LogP contribution in [0.4, 0.5) is 0 Å². The maximum atomic E-state index is 12.7. The minimum Gasteiger partial charge on any atom is -0.488 e. The summed E-state index contributed by atoms with van der Waals surface area (Å²) in [4.78, 5) is 25.0. The lowest BCUT2D eigenvalue weighted by atomic mass is 9.85. The van der Waals surface area contributed by atoms with Crippen LogP contribution in [0.2, 0.25) is 0 Å². The number of rotatable bonds is 6. The van der Waals surface area contributed by atoms with Gasteiger partial charge >= 0.3 is 5.97 Å². The van der Waals surface area contributed by atoms with Crippen LogP contribution in [0, 0.1) is 5.92 Å². The zero-order valence-electron chi connectivity index (χ0n) is 18.8. The Bertz CT molecular complexity index is 1080. The van der Waals surface area contributed by atoms with Crippen molar-refractivity contribution in [1.82, 2.24) is 5.32 Å². The summed E-state index contributed by atoms with van der Waals surface area (Å²) < 4.78 is 16.4. The average molecular weight is 452 g/mol. The van der Waals surface area contributed by atoms with Crippen molar-refractivity contribution in [2.45, 2.75) is 44.4 Å². The number of hydrogen-bond acceptors (Lipinski definition) is 7. The highest BCUT2D eigenvalue weighted by molar-refractivity contribution is 5.99. The van der Waals surface area contributed by atoms with Gasteiger partial charge in [0.15, 0.2) is 12.4 Å². The summed E-state index contributed by atoms with van der Waals surface area (Å²) in [6.45, 7) is 1.37. The number of aryl methyl sites for hydroxylation is 1. The highest BCUT2D eigenvalue weighted by Gasteiger charge is 2.31. The smallest absolute Gasteiger partial charge is 0.323 e. The fourth-order valence-electron chi connectivity index (χ4n) is 5.11. The van der Waals surface area contributed by atoms with E-state index in [0.29, 0.717) is 31.7 Å². The molecule has 2 aliphatic heterocycles. The van der Waals surface area contributed by atoms with E-state index in [1.165, 1.54) is 0 Å². The maximum absolute atomic E-state index is 12.7. The molecule has 0 radical (unpaired) electrons. The molecule has 0 bridgehead atoms. The lowest BCUT2D eigenvalue weighted by molar-refractivity contribution is -0.144. The summed E-state index contributed by atoms with van der Waals surface area (Å²) >= 11 is 0. The molecule has 33 heavy (non-hydrogen) atoms. The van der Waals surface area contributed by atoms with Gasteiger partial charge in [-0.05, 0) is 72.1 Å². The molecule has 2 heterocycles. The van der Waals surface area contributed by atoms with Crippen LogP contribution in [0.25, 0.3) is 11.1 Å². The van der Waals surface area contributed by atoms with E-state index in [-0.39, 0.29) is 18.3 Å². The molecule has 0 amide bonds. The summed E-state index contributed by atoms with van der Waals surface area (Å²) in [5.74, 6) is 0.410. The van der Waals surface area contributed by atoms with Crippen molar-refractivity contribution in [2.24, 2.45) is 5.92 Å². The molecule has 174 valence electrons. The van der Waals surface area contributed by atoms with Crippen LogP contribution in [0.5, 0.6) is 5.75 Å². The van der Waals surface area contributed by atoms with Crippen LogP contribution in [-0.2, 0) is 27.3 Å². The van der Waals surface area contributed by atoms with Crippen molar-refractivity contribution in [3.8, 4) is 16.9 Å². The fourth-order valence-corrected chi connectivity index (χ4v) is 5.11. The first-order chi connectivity index (χ1) is 16.0. The van der Waals surface area contributed by atoms with E-state index in [9.17, 15) is 14.7 Å². The largest absolute Gasteiger partial charge is 0.488 e. The highest BCUT2D eigenvalue weighted by Crippen LogP contribution is 2.43. The van der Waals surface area contributed by atoms with E-state index in [1.54, 1.807) is 13.2 Å². The number of carbonyl (C=O) groups excluding carboxylic acids is 2. The minimum absolute atomic E-state index is 0.239. The quantitative estimate of drug-likeness (QED) is 0.515. The van der Waals surface area contributed by atoms with Crippen molar-refractivity contribution in [1.29, 1.82) is 0 Å². The molecule has 0 spiro atoms. The number of aliphatic hydroxyl groups is 1. The van der Waals surface area contributed by atoms with Crippen molar-refractivity contribution in [3.63, 3.8) is 0 Å². The number of esters is 1. The number of benzene rings is 2. The molecule has 7 heteroatoms. The summed E-state index contributed by atoms with van der Waals surface area (Å²) in [5.41, 5.74) is 5.57. The topological polar surface area (TPSA) is 94.1 Å². The number of aliphatic hydroxyl groups excluding tert-OH is 1. The first-order valence-electron chi connectivity index (χ1n) is 11.6. The SMILES string of the molecule is COCC1CNC(C(=O)OCC(=O)c2ccc3c(c2)COc2cc4c(cc2-3)CCCC4O)C1. The molecule has 1 aliphatic carbocycles. The lowest BCUT2D eigenvalue weighted by Crippen LogP contribution is -2.33. The molecule has 3 atom stereocenters. The molecule has 5 rings (SSSR count). The van der Waals surface area contributed by atoms with Crippen LogP contribution in [-0.4, -0.2) is 49.8 Å². The molecule has 1 fully saturated rings. The van der Waals surface area contributed by atoms with Gasteiger partial charge in [-0.15, -0.1) is 0 Å². The van der Waals surface area contributed by atoms with E-state index in [4.69, 9.17) is 14.2 Å². The monoisotopic (exact) mass is 451 g/mol. The van der Waals surface area contributed by atoms with Crippen LogP contribution in [0.3, 0.4) is 0 Å². The Balaban J connectivity index is 1.27. The van der Waals surface area contributed by atoms with Crippen LogP contribution >= 0.6 is 0 Å². The Morgan fingerprint density at radius 3 is 2.91 bits per heavy atom. The molecule has 3 aliphatic rings. The molecular formula is C26H29NO6. The number of hydrogen-bond donors (Lipinski definition) is 2. The van der Waals surface area contributed by atoms with E-state index in [1.807, 2.05) is 18.2 Å². The van der Waals surface area contributed by atoms with Gasteiger partial charge in [0, 0.05) is 24.8 Å². The van der Waals surface area contributed by atoms with Crippen molar-refractivity contribution in [3.05, 3.63) is 52.6 Å². The minimum atomic E-state index is -0.433. The van der Waals surface area contributed by atoms with Crippen LogP contribution in [0.1, 0.15) is 52.4 Å². The van der Waals surface area contributed by atoms with Gasteiger partial charge in [0.05, 0.1) is 12.7 Å². The Morgan fingerprint density at radius 1 is 1.18 bits per heavy atom. The lowest BCUT2D eigenvalue weighted by Gasteiger charge is -2.27. The first kappa shape index (κ1) is 22.1. The standard InChI is InChI=1S/C26H29NO6/c1-31-12-15-7-22(27-11-15)26(30)33-14-24(29)17-5-6-19-18(8-17)13-32-25-10-20-16(9-21(19)25)3-2-4-23(20)28/h5-6,8-10,15,22-23,27-28H,2-4,7,11-14H2,1H3. The normalized spacial score (nSPS) is 23.2. The van der Waals surface area contributed by atoms with E-state index < -0.39 is 18.1 Å². The Morgan fingerprint density at radius 2 is 2.06 bits per heavy atom. The third kappa shape index (κ3) is 4.40. The first-order valence-corrected chi connectivity index (χ1v) is 11.6. The predicted molar refractivity (Wildman–Crippen MR) is 121 cm³/mol.